The summed E-state index contributed by atoms with van der Waals surface area (Å²) in [5.74, 6) is -1.12. The summed E-state index contributed by atoms with van der Waals surface area (Å²) in [4.78, 5) is 84.1. The average Bonchev–Trinajstić information content (AvgIpc) is 1.17. The van der Waals surface area contributed by atoms with E-state index in [0.29, 0.717) is 28.2 Å². The molecule has 92 heavy (non-hydrogen) atoms. The van der Waals surface area contributed by atoms with Crippen molar-refractivity contribution in [1.82, 2.24) is 15.0 Å². The Labute approximate surface area is 559 Å². The Morgan fingerprint density at radius 1 is 0.402 bits per heavy atom. The second kappa shape index (κ2) is 29.8. The molecule has 8 rings (SSSR count). The van der Waals surface area contributed by atoms with E-state index in [4.69, 9.17) is 42.9 Å². The number of ether oxygens (including phenoxy) is 2. The number of hydrogen-bond donors (Lipinski definition) is 0. The highest BCUT2D eigenvalue weighted by Crippen LogP contribution is 2.39. The van der Waals surface area contributed by atoms with Crippen molar-refractivity contribution in [2.24, 2.45) is 0 Å². The summed E-state index contributed by atoms with van der Waals surface area (Å²) in [6.45, 7) is 55.7. The predicted octanol–water partition coefficient (Wildman–Crippen LogP) is 20.8. The zero-order valence-corrected chi connectivity index (χ0v) is 60.2. The normalized spacial score (nSPS) is 14.5. The van der Waals surface area contributed by atoms with Gasteiger partial charge in [-0.25, -0.2) is 19.2 Å². The molecule has 0 radical (unpaired) electrons. The number of halogens is 2. The Bertz CT molecular complexity index is 3660. The Kier molecular flexibility index (Phi) is 24.5. The molecule has 4 unspecified atom stereocenters. The number of fused-ring (bicyclic) bond motifs is 2. The summed E-state index contributed by atoms with van der Waals surface area (Å²) < 4.78 is 9.17. The topological polar surface area (TPSA) is 160 Å². The summed E-state index contributed by atoms with van der Waals surface area (Å²) >= 11 is 11.4. The maximum atomic E-state index is 12.0. The van der Waals surface area contributed by atoms with E-state index in [2.05, 4.69) is 207 Å². The van der Waals surface area contributed by atoms with E-state index in [-0.39, 0.29) is 61.4 Å². The molecule has 5 heterocycles. The van der Waals surface area contributed by atoms with Crippen molar-refractivity contribution in [1.29, 1.82) is 0 Å². The molecule has 0 N–H and O–H groups in total. The summed E-state index contributed by atoms with van der Waals surface area (Å²) in [5.41, 5.74) is 15.1. The van der Waals surface area contributed by atoms with Crippen molar-refractivity contribution < 1.29 is 38.2 Å². The van der Waals surface area contributed by atoms with Crippen LogP contribution in [0.4, 0.5) is 0 Å². The van der Waals surface area contributed by atoms with Crippen LogP contribution in [0, 0.1) is 0 Å². The number of nitrogens with zero attached hydrogens (tertiary/aromatic N) is 3. The van der Waals surface area contributed by atoms with E-state index in [9.17, 15) is 28.8 Å². The van der Waals surface area contributed by atoms with Crippen molar-refractivity contribution in [2.75, 3.05) is 0 Å². The van der Waals surface area contributed by atoms with Crippen LogP contribution in [0.5, 0.6) is 0 Å². The van der Waals surface area contributed by atoms with Crippen molar-refractivity contribution in [3.05, 3.63) is 205 Å². The van der Waals surface area contributed by atoms with E-state index in [0.717, 1.165) is 82.1 Å². The first-order valence-corrected chi connectivity index (χ1v) is 32.8. The van der Waals surface area contributed by atoms with Gasteiger partial charge < -0.3 is 9.47 Å². The van der Waals surface area contributed by atoms with Crippen LogP contribution in [0.15, 0.2) is 104 Å². The van der Waals surface area contributed by atoms with Crippen molar-refractivity contribution >= 4 is 69.7 Å². The van der Waals surface area contributed by atoms with Gasteiger partial charge in [0.25, 0.3) is 10.5 Å². The lowest BCUT2D eigenvalue weighted by molar-refractivity contribution is 0.0425. The molecule has 0 saturated heterocycles. The van der Waals surface area contributed by atoms with Gasteiger partial charge in [0.15, 0.2) is 0 Å². The van der Waals surface area contributed by atoms with Crippen LogP contribution in [0.1, 0.15) is 331 Å². The van der Waals surface area contributed by atoms with E-state index >= 15 is 0 Å². The molecular weight excluding hydrogens is 1190 g/mol. The summed E-state index contributed by atoms with van der Waals surface area (Å²) in [7, 11) is 0. The average molecular weight is 1290 g/mol. The Morgan fingerprint density at radius 2 is 0.707 bits per heavy atom. The molecule has 11 nitrogen and oxygen atoms in total. The van der Waals surface area contributed by atoms with Crippen LogP contribution < -0.4 is 0 Å². The van der Waals surface area contributed by atoms with Crippen LogP contribution in [-0.4, -0.2) is 49.3 Å². The third kappa shape index (κ3) is 19.7. The first-order valence-electron chi connectivity index (χ1n) is 32.0. The third-order valence-electron chi connectivity index (χ3n) is 16.8. The van der Waals surface area contributed by atoms with Crippen molar-refractivity contribution in [2.45, 2.75) is 234 Å². The Morgan fingerprint density at radius 3 is 1.03 bits per heavy atom. The van der Waals surface area contributed by atoms with Gasteiger partial charge in [0.2, 0.25) is 0 Å². The Hall–Kier alpha value is -7.21. The molecule has 2 aliphatic rings. The van der Waals surface area contributed by atoms with Crippen LogP contribution in [-0.2, 0) is 42.0 Å². The van der Waals surface area contributed by atoms with E-state index < -0.39 is 34.4 Å². The lowest BCUT2D eigenvalue weighted by atomic mass is 9.80. The van der Waals surface area contributed by atoms with Gasteiger partial charge in [-0.15, -0.1) is 0 Å². The fraction of sp³-hybridized carbons (Fsp3) is 0.456. The number of carbonyl (C=O) groups excluding carboxylic acids is 6. The van der Waals surface area contributed by atoms with Crippen LogP contribution >= 0.6 is 23.2 Å². The zero-order chi connectivity index (χ0) is 69.6. The molecule has 0 amide bonds. The lowest BCUT2D eigenvalue weighted by Crippen LogP contribution is -2.21. The van der Waals surface area contributed by atoms with Gasteiger partial charge in [-0.1, -0.05) is 196 Å². The number of carbonyl (C=O) groups is 6. The van der Waals surface area contributed by atoms with E-state index in [1.54, 1.807) is 42.5 Å². The number of benzene rings is 3. The van der Waals surface area contributed by atoms with Crippen LogP contribution in [0.2, 0.25) is 0 Å². The van der Waals surface area contributed by atoms with Gasteiger partial charge in [-0.05, 0) is 179 Å². The fourth-order valence-corrected chi connectivity index (χ4v) is 10.9. The molecular formula is C79H99Cl2N3O8. The molecule has 13 heteroatoms. The largest absolute Gasteiger partial charge is 0.386 e. The fourth-order valence-electron chi connectivity index (χ4n) is 10.6. The molecule has 492 valence electrons. The molecule has 0 spiro atoms. The quantitative estimate of drug-likeness (QED) is 0.0580. The number of aromatic nitrogens is 3. The monoisotopic (exact) mass is 1290 g/mol. The molecule has 4 atom stereocenters. The summed E-state index contributed by atoms with van der Waals surface area (Å²) in [6, 6.07) is 28.9. The Balaban J connectivity index is 0.000000237. The molecule has 3 aromatic heterocycles. The highest BCUT2D eigenvalue weighted by atomic mass is 35.5. The minimum absolute atomic E-state index is 0.0211. The first kappa shape index (κ1) is 75.5. The summed E-state index contributed by atoms with van der Waals surface area (Å²) in [5, 5.41) is -1.35. The minimum Gasteiger partial charge on any atom is -0.386 e. The molecule has 0 aliphatic carbocycles. The number of rotatable bonds is 14. The van der Waals surface area contributed by atoms with Gasteiger partial charge in [-0.2, -0.15) is 0 Å². The van der Waals surface area contributed by atoms with Gasteiger partial charge in [0.05, 0.1) is 22.3 Å². The minimum atomic E-state index is -0.678. The molecule has 0 saturated carbocycles. The van der Waals surface area contributed by atoms with Crippen molar-refractivity contribution in [3.8, 4) is 0 Å². The number of pyridine rings is 3. The van der Waals surface area contributed by atoms with Gasteiger partial charge in [0.1, 0.15) is 0 Å². The highest BCUT2D eigenvalue weighted by molar-refractivity contribution is 6.72. The molecule has 6 aromatic rings. The lowest BCUT2D eigenvalue weighted by Gasteiger charge is -2.27. The van der Waals surface area contributed by atoms with E-state index in [1.165, 1.54) is 11.1 Å². The second-order valence-corrected chi connectivity index (χ2v) is 31.4. The van der Waals surface area contributed by atoms with Gasteiger partial charge in [0, 0.05) is 77.8 Å². The standard InChI is InChI=1S/C27H35Cl2NO2.C27H35NO3.C15H23N.C10H6O3/c1-9-17(18-10-11-20(24(28)31)21(13-18)25(29)32)12-16(2)19-14-22(26(3,4)5)30-23(15-19)27(6,7)8;1-9-17(18-10-11-20-21(13-18)25(30)31-24(20)29)12-16(2)19-14-22(26(3,4)5)28-23(15-19)27(6,7)8;1-8-11-9-12(14(2,3)4)16-13(10-11)15(5,6)7;1-2-6-3-4-7-8(5-6)10(12)13-9(7)11/h10-11,13-17H,9,12H2,1-8H3;10-11,13-17H,9,12H2,1-8H3;8-10H,1H2,2-7H3;2-5H,1H2. The van der Waals surface area contributed by atoms with Gasteiger partial charge >= 0.3 is 23.9 Å². The highest BCUT2D eigenvalue weighted by Gasteiger charge is 2.33. The molecule has 0 bridgehead atoms. The predicted molar refractivity (Wildman–Crippen MR) is 376 cm³/mol. The SMILES string of the molecule is C=Cc1cc(C(C)(C)C)nc(C(C)(C)C)c1.C=Cc1ccc2c(c1)C(=O)OC2=O.CCC(CC(C)c1cc(C(C)(C)C)nc(C(C)(C)C)c1)c1ccc(C(=O)Cl)c(C(=O)Cl)c1.CCC(CC(C)c1cc(C(C)(C)C)nc(C(C)(C)C)c1)c1ccc2c(c1)C(=O)OC2=O. The second-order valence-electron chi connectivity index (χ2n) is 30.7. The van der Waals surface area contributed by atoms with Crippen molar-refractivity contribution in [3.63, 3.8) is 0 Å². The molecule has 0 fully saturated rings. The molecule has 3 aromatic carbocycles. The first-order chi connectivity index (χ1) is 42.3. The smallest absolute Gasteiger partial charge is 0.346 e. The maximum Gasteiger partial charge on any atom is 0.346 e. The maximum absolute atomic E-state index is 12.0. The number of hydrogen-bond acceptors (Lipinski definition) is 11. The third-order valence-corrected chi connectivity index (χ3v) is 17.2. The number of cyclic esters (lactones) is 4. The zero-order valence-electron chi connectivity index (χ0n) is 58.7. The molecule has 2 aliphatic heterocycles. The number of esters is 4. The van der Waals surface area contributed by atoms with Gasteiger partial charge in [-0.3, -0.25) is 24.5 Å². The van der Waals surface area contributed by atoms with Crippen LogP contribution in [0.25, 0.3) is 12.2 Å². The van der Waals surface area contributed by atoms with E-state index in [1.807, 2.05) is 24.3 Å². The summed E-state index contributed by atoms with van der Waals surface area (Å²) in [6.07, 6.45) is 7.21. The van der Waals surface area contributed by atoms with Crippen LogP contribution in [0.3, 0.4) is 0 Å².